The summed E-state index contributed by atoms with van der Waals surface area (Å²) in [6.07, 6.45) is 2.16. The van der Waals surface area contributed by atoms with E-state index in [2.05, 4.69) is 39.7 Å². The minimum absolute atomic E-state index is 0.145. The first kappa shape index (κ1) is 15.7. The number of rotatable bonds is 4. The Hall–Kier alpha value is -0.720. The standard InChI is InChI=1S/C14H21BrN2O3/c1-9(2)8-10-11(15)12(18)17-13(16-10)14(19-3)4-6-20-7-5-14/h9H,4-8H2,1-3H3,(H,16,17,18). The lowest BCUT2D eigenvalue weighted by Crippen LogP contribution is -2.39. The maximum Gasteiger partial charge on any atom is 0.265 e. The van der Waals surface area contributed by atoms with Crippen LogP contribution in [0.15, 0.2) is 9.27 Å². The Morgan fingerprint density at radius 3 is 2.65 bits per heavy atom. The van der Waals surface area contributed by atoms with E-state index in [1.165, 1.54) is 0 Å². The van der Waals surface area contributed by atoms with Crippen molar-refractivity contribution in [1.82, 2.24) is 9.97 Å². The molecule has 1 fully saturated rings. The summed E-state index contributed by atoms with van der Waals surface area (Å²) in [6.45, 7) is 5.45. The van der Waals surface area contributed by atoms with E-state index in [0.717, 1.165) is 12.1 Å². The second-order valence-corrected chi connectivity index (χ2v) is 6.38. The molecule has 0 unspecified atom stereocenters. The van der Waals surface area contributed by atoms with Crippen molar-refractivity contribution in [2.45, 2.75) is 38.7 Å². The molecule has 1 saturated heterocycles. The molecule has 1 aromatic rings. The fourth-order valence-corrected chi connectivity index (χ4v) is 2.83. The molecule has 20 heavy (non-hydrogen) atoms. The van der Waals surface area contributed by atoms with Crippen LogP contribution in [0.4, 0.5) is 0 Å². The SMILES string of the molecule is COC1(c2nc(CC(C)C)c(Br)c(=O)[nH]2)CCOCC1. The first-order valence-corrected chi connectivity index (χ1v) is 7.70. The number of aromatic nitrogens is 2. The van der Waals surface area contributed by atoms with Crippen LogP contribution in [0, 0.1) is 5.92 Å². The van der Waals surface area contributed by atoms with Crippen molar-refractivity contribution in [3.05, 3.63) is 26.3 Å². The van der Waals surface area contributed by atoms with Gasteiger partial charge in [0.2, 0.25) is 0 Å². The predicted molar refractivity (Wildman–Crippen MR) is 79.8 cm³/mol. The second-order valence-electron chi connectivity index (χ2n) is 5.58. The molecule has 0 aromatic carbocycles. The Labute approximate surface area is 127 Å². The zero-order valence-corrected chi connectivity index (χ0v) is 13.7. The highest BCUT2D eigenvalue weighted by Crippen LogP contribution is 2.33. The molecule has 0 saturated carbocycles. The van der Waals surface area contributed by atoms with E-state index in [1.807, 2.05) is 0 Å². The summed E-state index contributed by atoms with van der Waals surface area (Å²) < 4.78 is 11.6. The smallest absolute Gasteiger partial charge is 0.265 e. The van der Waals surface area contributed by atoms with Crippen molar-refractivity contribution < 1.29 is 9.47 Å². The van der Waals surface area contributed by atoms with Crippen molar-refractivity contribution in [3.63, 3.8) is 0 Å². The molecule has 2 heterocycles. The number of nitrogens with one attached hydrogen (secondary N) is 1. The van der Waals surface area contributed by atoms with Gasteiger partial charge in [-0.3, -0.25) is 4.79 Å². The lowest BCUT2D eigenvalue weighted by molar-refractivity contribution is -0.100. The number of hydrogen-bond acceptors (Lipinski definition) is 4. The van der Waals surface area contributed by atoms with Crippen molar-refractivity contribution >= 4 is 15.9 Å². The molecule has 0 aliphatic carbocycles. The summed E-state index contributed by atoms with van der Waals surface area (Å²) in [5.74, 6) is 1.05. The summed E-state index contributed by atoms with van der Waals surface area (Å²) in [6, 6.07) is 0. The maximum absolute atomic E-state index is 12.1. The van der Waals surface area contributed by atoms with Crippen molar-refractivity contribution in [3.8, 4) is 0 Å². The fraction of sp³-hybridized carbons (Fsp3) is 0.714. The Morgan fingerprint density at radius 1 is 1.45 bits per heavy atom. The number of hydrogen-bond donors (Lipinski definition) is 1. The molecule has 0 amide bonds. The summed E-state index contributed by atoms with van der Waals surface area (Å²) >= 11 is 3.33. The number of halogens is 1. The van der Waals surface area contributed by atoms with Gasteiger partial charge in [0.05, 0.1) is 5.69 Å². The topological polar surface area (TPSA) is 64.2 Å². The Balaban J connectivity index is 2.45. The number of aromatic amines is 1. The van der Waals surface area contributed by atoms with Gasteiger partial charge in [0.15, 0.2) is 0 Å². The third kappa shape index (κ3) is 3.13. The highest BCUT2D eigenvalue weighted by atomic mass is 79.9. The highest BCUT2D eigenvalue weighted by molar-refractivity contribution is 9.10. The minimum atomic E-state index is -0.538. The molecule has 0 bridgehead atoms. The molecule has 6 heteroatoms. The zero-order valence-electron chi connectivity index (χ0n) is 12.2. The second kappa shape index (κ2) is 6.37. The molecular formula is C14H21BrN2O3. The van der Waals surface area contributed by atoms with Gasteiger partial charge in [0, 0.05) is 33.2 Å². The third-order valence-corrected chi connectivity index (χ3v) is 4.47. The van der Waals surface area contributed by atoms with E-state index in [1.54, 1.807) is 7.11 Å². The van der Waals surface area contributed by atoms with E-state index in [0.29, 0.717) is 42.3 Å². The lowest BCUT2D eigenvalue weighted by Gasteiger charge is -2.35. The molecule has 5 nitrogen and oxygen atoms in total. The molecule has 2 rings (SSSR count). The molecule has 1 aliphatic rings. The van der Waals surface area contributed by atoms with E-state index >= 15 is 0 Å². The quantitative estimate of drug-likeness (QED) is 0.910. The van der Waals surface area contributed by atoms with Gasteiger partial charge in [-0.2, -0.15) is 0 Å². The number of ether oxygens (including phenoxy) is 2. The normalized spacial score (nSPS) is 18.4. The zero-order chi connectivity index (χ0) is 14.8. The Morgan fingerprint density at radius 2 is 2.10 bits per heavy atom. The Kier molecular flexibility index (Phi) is 4.99. The summed E-state index contributed by atoms with van der Waals surface area (Å²) in [4.78, 5) is 19.6. The molecule has 112 valence electrons. The molecule has 1 N–H and O–H groups in total. The molecule has 1 aromatic heterocycles. The summed E-state index contributed by atoms with van der Waals surface area (Å²) in [7, 11) is 1.66. The van der Waals surface area contributed by atoms with Crippen LogP contribution >= 0.6 is 15.9 Å². The molecular weight excluding hydrogens is 324 g/mol. The van der Waals surface area contributed by atoms with Crippen LogP contribution < -0.4 is 5.56 Å². The van der Waals surface area contributed by atoms with Crippen LogP contribution in [0.2, 0.25) is 0 Å². The Bertz CT molecular complexity index is 522. The van der Waals surface area contributed by atoms with Crippen LogP contribution in [-0.4, -0.2) is 30.3 Å². The molecule has 0 radical (unpaired) electrons. The average Bonchev–Trinajstić information content (AvgIpc) is 2.44. The predicted octanol–water partition coefficient (Wildman–Crippen LogP) is 2.38. The molecule has 0 atom stereocenters. The maximum atomic E-state index is 12.1. The highest BCUT2D eigenvalue weighted by Gasteiger charge is 2.37. The van der Waals surface area contributed by atoms with E-state index in [4.69, 9.17) is 9.47 Å². The van der Waals surface area contributed by atoms with Gasteiger partial charge >= 0.3 is 0 Å². The van der Waals surface area contributed by atoms with E-state index < -0.39 is 5.60 Å². The van der Waals surface area contributed by atoms with Gasteiger partial charge in [-0.25, -0.2) is 4.98 Å². The van der Waals surface area contributed by atoms with Crippen molar-refractivity contribution in [1.29, 1.82) is 0 Å². The van der Waals surface area contributed by atoms with E-state index in [9.17, 15) is 4.79 Å². The molecule has 1 aliphatic heterocycles. The van der Waals surface area contributed by atoms with Gasteiger partial charge in [-0.1, -0.05) is 13.8 Å². The number of nitrogens with zero attached hydrogens (tertiary/aromatic N) is 1. The van der Waals surface area contributed by atoms with Crippen molar-refractivity contribution in [2.24, 2.45) is 5.92 Å². The fourth-order valence-electron chi connectivity index (χ4n) is 2.48. The summed E-state index contributed by atoms with van der Waals surface area (Å²) in [5.41, 5.74) is 0.111. The number of methoxy groups -OCH3 is 1. The monoisotopic (exact) mass is 344 g/mol. The van der Waals surface area contributed by atoms with Gasteiger partial charge in [-0.15, -0.1) is 0 Å². The summed E-state index contributed by atoms with van der Waals surface area (Å²) in [5, 5.41) is 0. The first-order chi connectivity index (χ1) is 9.48. The van der Waals surface area contributed by atoms with Gasteiger partial charge in [0.1, 0.15) is 15.9 Å². The minimum Gasteiger partial charge on any atom is -0.381 e. The third-order valence-electron chi connectivity index (χ3n) is 3.66. The van der Waals surface area contributed by atoms with Crippen LogP contribution in [0.3, 0.4) is 0 Å². The van der Waals surface area contributed by atoms with Crippen LogP contribution in [0.25, 0.3) is 0 Å². The average molecular weight is 345 g/mol. The number of H-pyrrole nitrogens is 1. The van der Waals surface area contributed by atoms with Crippen LogP contribution in [0.5, 0.6) is 0 Å². The van der Waals surface area contributed by atoms with Crippen molar-refractivity contribution in [2.75, 3.05) is 20.3 Å². The largest absolute Gasteiger partial charge is 0.381 e. The lowest BCUT2D eigenvalue weighted by atomic mass is 9.92. The van der Waals surface area contributed by atoms with E-state index in [-0.39, 0.29) is 5.56 Å². The van der Waals surface area contributed by atoms with Gasteiger partial charge in [-0.05, 0) is 28.3 Å². The molecule has 0 spiro atoms. The van der Waals surface area contributed by atoms with Gasteiger partial charge in [0.25, 0.3) is 5.56 Å². The first-order valence-electron chi connectivity index (χ1n) is 6.90. The van der Waals surface area contributed by atoms with Crippen LogP contribution in [-0.2, 0) is 21.5 Å². The van der Waals surface area contributed by atoms with Crippen LogP contribution in [0.1, 0.15) is 38.2 Å². The van der Waals surface area contributed by atoms with Gasteiger partial charge < -0.3 is 14.5 Å².